The Labute approximate surface area is 123 Å². The molecular weight excluding hydrogens is 248 g/mol. The predicted octanol–water partition coefficient (Wildman–Crippen LogP) is 2.41. The summed E-state index contributed by atoms with van der Waals surface area (Å²) in [5.41, 5.74) is 1.19. The monoisotopic (exact) mass is 278 g/mol. The van der Waals surface area contributed by atoms with Crippen molar-refractivity contribution < 1.29 is 0 Å². The summed E-state index contributed by atoms with van der Waals surface area (Å²) in [4.78, 5) is 2.63. The molecule has 1 aliphatic heterocycles. The highest BCUT2D eigenvalue weighted by Crippen LogP contribution is 2.18. The molecule has 0 bridgehead atoms. The number of nitrogens with zero attached hydrogens (tertiary/aromatic N) is 3. The third-order valence-corrected chi connectivity index (χ3v) is 4.13. The van der Waals surface area contributed by atoms with Crippen molar-refractivity contribution >= 4 is 0 Å². The van der Waals surface area contributed by atoms with Gasteiger partial charge in [0.15, 0.2) is 0 Å². The van der Waals surface area contributed by atoms with E-state index in [2.05, 4.69) is 42.2 Å². The third-order valence-electron chi connectivity index (χ3n) is 4.13. The zero-order chi connectivity index (χ0) is 14.5. The van der Waals surface area contributed by atoms with Crippen LogP contribution in [0.15, 0.2) is 12.3 Å². The van der Waals surface area contributed by atoms with Crippen molar-refractivity contribution in [3.05, 3.63) is 18.0 Å². The van der Waals surface area contributed by atoms with E-state index in [1.54, 1.807) is 0 Å². The van der Waals surface area contributed by atoms with E-state index >= 15 is 0 Å². The molecule has 2 unspecified atom stereocenters. The second kappa shape index (κ2) is 7.23. The first-order chi connectivity index (χ1) is 9.58. The van der Waals surface area contributed by atoms with Crippen LogP contribution in [0, 0.1) is 5.92 Å². The summed E-state index contributed by atoms with van der Waals surface area (Å²) in [6, 6.07) is 3.43. The average Bonchev–Trinajstić information content (AvgIpc) is 2.77. The van der Waals surface area contributed by atoms with Gasteiger partial charge in [-0.3, -0.25) is 9.58 Å². The van der Waals surface area contributed by atoms with Crippen molar-refractivity contribution in [3.8, 4) is 0 Å². The van der Waals surface area contributed by atoms with Gasteiger partial charge >= 0.3 is 0 Å². The number of piperazine rings is 1. The molecule has 0 radical (unpaired) electrons. The van der Waals surface area contributed by atoms with Gasteiger partial charge in [0, 0.05) is 45.0 Å². The first-order valence-corrected chi connectivity index (χ1v) is 8.04. The second-order valence-electron chi connectivity index (χ2n) is 6.59. The Hall–Kier alpha value is -0.870. The molecule has 2 rings (SSSR count). The summed E-state index contributed by atoms with van der Waals surface area (Å²) in [7, 11) is 1.99. The van der Waals surface area contributed by atoms with E-state index in [0.29, 0.717) is 12.1 Å². The van der Waals surface area contributed by atoms with E-state index < -0.39 is 0 Å². The van der Waals surface area contributed by atoms with E-state index in [-0.39, 0.29) is 0 Å². The second-order valence-corrected chi connectivity index (χ2v) is 6.59. The Balaban J connectivity index is 1.98. The molecule has 1 N–H and O–H groups in total. The molecule has 2 atom stereocenters. The third kappa shape index (κ3) is 4.32. The van der Waals surface area contributed by atoms with Crippen LogP contribution in [-0.2, 0) is 13.6 Å². The molecule has 2 heterocycles. The summed E-state index contributed by atoms with van der Waals surface area (Å²) >= 11 is 0. The molecule has 0 aliphatic carbocycles. The smallest absolute Gasteiger partial charge is 0.0764 e. The molecular formula is C16H30N4. The van der Waals surface area contributed by atoms with Gasteiger partial charge < -0.3 is 5.32 Å². The molecule has 4 nitrogen and oxygen atoms in total. The number of aromatic nitrogens is 2. The van der Waals surface area contributed by atoms with Gasteiger partial charge in [0.1, 0.15) is 0 Å². The molecule has 20 heavy (non-hydrogen) atoms. The maximum absolute atomic E-state index is 4.54. The minimum atomic E-state index is 0.631. The standard InChI is InChI=1S/C16H30N4/c1-5-6-16-10-17-15(9-13(2)3)12-20(16)11-14-7-8-19(4)18-14/h7-8,13,15-17H,5-6,9-12H2,1-4H3. The van der Waals surface area contributed by atoms with Crippen LogP contribution < -0.4 is 5.32 Å². The largest absolute Gasteiger partial charge is 0.311 e. The van der Waals surface area contributed by atoms with E-state index in [0.717, 1.165) is 25.6 Å². The number of nitrogens with one attached hydrogen (secondary N) is 1. The molecule has 4 heteroatoms. The van der Waals surface area contributed by atoms with E-state index in [1.807, 2.05) is 17.9 Å². The van der Waals surface area contributed by atoms with Gasteiger partial charge in [-0.05, 0) is 24.8 Å². The van der Waals surface area contributed by atoms with Gasteiger partial charge in [0.25, 0.3) is 0 Å². The first-order valence-electron chi connectivity index (χ1n) is 8.04. The topological polar surface area (TPSA) is 33.1 Å². The van der Waals surface area contributed by atoms with Gasteiger partial charge in [-0.1, -0.05) is 27.2 Å². The molecule has 0 amide bonds. The van der Waals surface area contributed by atoms with E-state index in [4.69, 9.17) is 0 Å². The fraction of sp³-hybridized carbons (Fsp3) is 0.812. The lowest BCUT2D eigenvalue weighted by molar-refractivity contribution is 0.106. The minimum Gasteiger partial charge on any atom is -0.311 e. The van der Waals surface area contributed by atoms with Crippen molar-refractivity contribution in [1.82, 2.24) is 20.0 Å². The highest BCUT2D eigenvalue weighted by Gasteiger charge is 2.27. The van der Waals surface area contributed by atoms with Crippen molar-refractivity contribution in [2.24, 2.45) is 13.0 Å². The zero-order valence-electron chi connectivity index (χ0n) is 13.5. The molecule has 1 fully saturated rings. The van der Waals surface area contributed by atoms with Gasteiger partial charge in [0.2, 0.25) is 0 Å². The lowest BCUT2D eigenvalue weighted by Gasteiger charge is -2.40. The van der Waals surface area contributed by atoms with Crippen LogP contribution in [0.25, 0.3) is 0 Å². The van der Waals surface area contributed by atoms with Crippen LogP contribution in [0.5, 0.6) is 0 Å². The number of hydrogen-bond donors (Lipinski definition) is 1. The first kappa shape index (κ1) is 15.5. The molecule has 114 valence electrons. The van der Waals surface area contributed by atoms with Gasteiger partial charge in [0.05, 0.1) is 5.69 Å². The normalized spacial score (nSPS) is 24.4. The summed E-state index contributed by atoms with van der Waals surface area (Å²) in [6.07, 6.45) is 5.82. The summed E-state index contributed by atoms with van der Waals surface area (Å²) in [5.74, 6) is 0.756. The van der Waals surface area contributed by atoms with Crippen LogP contribution in [0.2, 0.25) is 0 Å². The van der Waals surface area contributed by atoms with Gasteiger partial charge in [-0.25, -0.2) is 0 Å². The Morgan fingerprint density at radius 3 is 2.85 bits per heavy atom. The van der Waals surface area contributed by atoms with Crippen LogP contribution in [0.3, 0.4) is 0 Å². The zero-order valence-corrected chi connectivity index (χ0v) is 13.5. The summed E-state index contributed by atoms with van der Waals surface area (Å²) in [6.45, 7) is 10.2. The average molecular weight is 278 g/mol. The highest BCUT2D eigenvalue weighted by molar-refractivity contribution is 5.00. The quantitative estimate of drug-likeness (QED) is 0.867. The van der Waals surface area contributed by atoms with Crippen molar-refractivity contribution in [2.75, 3.05) is 13.1 Å². The van der Waals surface area contributed by atoms with Gasteiger partial charge in [-0.2, -0.15) is 5.10 Å². The molecule has 1 aromatic rings. The maximum Gasteiger partial charge on any atom is 0.0764 e. The fourth-order valence-electron chi connectivity index (χ4n) is 3.22. The highest BCUT2D eigenvalue weighted by atomic mass is 15.3. The lowest BCUT2D eigenvalue weighted by atomic mass is 9.98. The maximum atomic E-state index is 4.54. The van der Waals surface area contributed by atoms with Crippen LogP contribution in [0.4, 0.5) is 0 Å². The Kier molecular flexibility index (Phi) is 5.61. The van der Waals surface area contributed by atoms with Gasteiger partial charge in [-0.15, -0.1) is 0 Å². The van der Waals surface area contributed by atoms with Crippen molar-refractivity contribution in [3.63, 3.8) is 0 Å². The molecule has 1 saturated heterocycles. The molecule has 0 spiro atoms. The molecule has 0 saturated carbocycles. The minimum absolute atomic E-state index is 0.631. The molecule has 1 aromatic heterocycles. The van der Waals surface area contributed by atoms with E-state index in [1.165, 1.54) is 25.0 Å². The van der Waals surface area contributed by atoms with Crippen LogP contribution in [0.1, 0.15) is 45.7 Å². The summed E-state index contributed by atoms with van der Waals surface area (Å²) in [5, 5.41) is 8.28. The predicted molar refractivity (Wildman–Crippen MR) is 83.6 cm³/mol. The van der Waals surface area contributed by atoms with Crippen molar-refractivity contribution in [2.45, 2.75) is 58.7 Å². The summed E-state index contributed by atoms with van der Waals surface area (Å²) < 4.78 is 1.90. The Morgan fingerprint density at radius 2 is 2.25 bits per heavy atom. The molecule has 1 aliphatic rings. The lowest BCUT2D eigenvalue weighted by Crippen LogP contribution is -2.56. The SMILES string of the molecule is CCCC1CNC(CC(C)C)CN1Cc1ccn(C)n1. The van der Waals surface area contributed by atoms with E-state index in [9.17, 15) is 0 Å². The molecule has 0 aromatic carbocycles. The van der Waals surface area contributed by atoms with Crippen molar-refractivity contribution in [1.29, 1.82) is 0 Å². The van der Waals surface area contributed by atoms with Crippen LogP contribution >= 0.6 is 0 Å². The fourth-order valence-corrected chi connectivity index (χ4v) is 3.22. The number of rotatable bonds is 6. The Morgan fingerprint density at radius 1 is 1.45 bits per heavy atom. The Bertz CT molecular complexity index is 399. The van der Waals surface area contributed by atoms with Crippen LogP contribution in [-0.4, -0.2) is 39.9 Å². The number of aryl methyl sites for hydroxylation is 1. The number of hydrogen-bond acceptors (Lipinski definition) is 3.